The van der Waals surface area contributed by atoms with Crippen molar-refractivity contribution in [1.82, 2.24) is 0 Å². The molecule has 90 valence electrons. The van der Waals surface area contributed by atoms with Crippen molar-refractivity contribution in [1.29, 1.82) is 0 Å². The third kappa shape index (κ3) is 3.22. The number of nitrogens with two attached hydrogens (primary N) is 1. The Morgan fingerprint density at radius 3 is 2.82 bits per heavy atom. The van der Waals surface area contributed by atoms with Gasteiger partial charge in [0, 0.05) is 10.9 Å². The van der Waals surface area contributed by atoms with Crippen molar-refractivity contribution >= 4 is 22.9 Å². The number of halogens is 1. The molecule has 1 heterocycles. The largest absolute Gasteiger partial charge is 0.487 e. The topological polar surface area (TPSA) is 35.2 Å². The monoisotopic (exact) mass is 267 g/mol. The molecule has 0 radical (unpaired) electrons. The van der Waals surface area contributed by atoms with Gasteiger partial charge < -0.3 is 10.5 Å². The second kappa shape index (κ2) is 5.54. The smallest absolute Gasteiger partial charge is 0.138 e. The van der Waals surface area contributed by atoms with Crippen LogP contribution in [0.15, 0.2) is 35.7 Å². The Morgan fingerprint density at radius 2 is 2.24 bits per heavy atom. The number of hydrogen-bond donors (Lipinski definition) is 1. The maximum Gasteiger partial charge on any atom is 0.138 e. The lowest BCUT2D eigenvalue weighted by molar-refractivity contribution is 0.310. The Balaban J connectivity index is 2.06. The molecule has 0 spiro atoms. The Morgan fingerprint density at radius 1 is 1.41 bits per heavy atom. The van der Waals surface area contributed by atoms with Crippen LogP contribution in [0.3, 0.4) is 0 Å². The zero-order valence-corrected chi connectivity index (χ0v) is 11.1. The molecule has 4 heteroatoms. The highest BCUT2D eigenvalue weighted by Crippen LogP contribution is 2.28. The quantitative estimate of drug-likeness (QED) is 0.909. The molecule has 2 rings (SSSR count). The van der Waals surface area contributed by atoms with E-state index in [0.29, 0.717) is 17.4 Å². The SMILES string of the molecule is C[C@@H](N)c1ccc(OCc2cccs2)c(Cl)c1. The zero-order valence-electron chi connectivity index (χ0n) is 9.52. The molecule has 2 aromatic rings. The van der Waals surface area contributed by atoms with Crippen LogP contribution >= 0.6 is 22.9 Å². The second-order valence-electron chi connectivity index (χ2n) is 3.85. The minimum atomic E-state index is -0.0150. The van der Waals surface area contributed by atoms with Gasteiger partial charge in [-0.25, -0.2) is 0 Å². The van der Waals surface area contributed by atoms with Gasteiger partial charge in [0.15, 0.2) is 0 Å². The van der Waals surface area contributed by atoms with Gasteiger partial charge in [-0.3, -0.25) is 0 Å². The lowest BCUT2D eigenvalue weighted by Gasteiger charge is -2.10. The van der Waals surface area contributed by atoms with E-state index in [-0.39, 0.29) is 6.04 Å². The van der Waals surface area contributed by atoms with Crippen LogP contribution in [0.4, 0.5) is 0 Å². The van der Waals surface area contributed by atoms with Crippen molar-refractivity contribution in [3.63, 3.8) is 0 Å². The molecular weight excluding hydrogens is 254 g/mol. The Hall–Kier alpha value is -1.03. The average Bonchev–Trinajstić information content (AvgIpc) is 2.80. The van der Waals surface area contributed by atoms with Gasteiger partial charge in [0.2, 0.25) is 0 Å². The highest BCUT2D eigenvalue weighted by Gasteiger charge is 2.06. The van der Waals surface area contributed by atoms with Gasteiger partial charge in [0.1, 0.15) is 12.4 Å². The fraction of sp³-hybridized carbons (Fsp3) is 0.231. The van der Waals surface area contributed by atoms with Crippen LogP contribution in [0.1, 0.15) is 23.4 Å². The summed E-state index contributed by atoms with van der Waals surface area (Å²) >= 11 is 7.80. The molecule has 0 unspecified atom stereocenters. The van der Waals surface area contributed by atoms with Gasteiger partial charge in [-0.05, 0) is 36.1 Å². The first kappa shape index (κ1) is 12.4. The molecule has 0 aliphatic rings. The van der Waals surface area contributed by atoms with Crippen LogP contribution in [0, 0.1) is 0 Å². The minimum Gasteiger partial charge on any atom is -0.487 e. The van der Waals surface area contributed by atoms with E-state index in [2.05, 4.69) is 0 Å². The number of thiophene rings is 1. The van der Waals surface area contributed by atoms with E-state index in [1.54, 1.807) is 11.3 Å². The number of rotatable bonds is 4. The fourth-order valence-corrected chi connectivity index (χ4v) is 2.32. The Labute approximate surface area is 110 Å². The van der Waals surface area contributed by atoms with E-state index >= 15 is 0 Å². The normalized spacial score (nSPS) is 12.4. The first-order chi connectivity index (χ1) is 8.16. The summed E-state index contributed by atoms with van der Waals surface area (Å²) in [5.74, 6) is 0.699. The number of ether oxygens (including phenoxy) is 1. The summed E-state index contributed by atoms with van der Waals surface area (Å²) in [6, 6.07) is 9.70. The van der Waals surface area contributed by atoms with Crippen molar-refractivity contribution in [2.45, 2.75) is 19.6 Å². The van der Waals surface area contributed by atoms with Crippen LogP contribution in [-0.2, 0) is 6.61 Å². The van der Waals surface area contributed by atoms with Crippen molar-refractivity contribution < 1.29 is 4.74 Å². The summed E-state index contributed by atoms with van der Waals surface area (Å²) in [6.45, 7) is 2.48. The van der Waals surface area contributed by atoms with E-state index in [0.717, 1.165) is 5.56 Å². The zero-order chi connectivity index (χ0) is 12.3. The Bertz CT molecular complexity index is 482. The summed E-state index contributed by atoms with van der Waals surface area (Å²) in [5.41, 5.74) is 6.80. The van der Waals surface area contributed by atoms with E-state index in [9.17, 15) is 0 Å². The van der Waals surface area contributed by atoms with Crippen LogP contribution in [0.2, 0.25) is 5.02 Å². The maximum absolute atomic E-state index is 6.14. The first-order valence-electron chi connectivity index (χ1n) is 5.37. The first-order valence-corrected chi connectivity index (χ1v) is 6.63. The molecule has 0 aliphatic carbocycles. The molecule has 0 aliphatic heterocycles. The van der Waals surface area contributed by atoms with Gasteiger partial charge in [-0.15, -0.1) is 11.3 Å². The van der Waals surface area contributed by atoms with Gasteiger partial charge in [-0.1, -0.05) is 23.7 Å². The van der Waals surface area contributed by atoms with Crippen molar-refractivity contribution in [3.8, 4) is 5.75 Å². The van der Waals surface area contributed by atoms with Gasteiger partial charge in [-0.2, -0.15) is 0 Å². The molecule has 0 saturated carbocycles. The molecule has 0 amide bonds. The molecule has 2 nitrogen and oxygen atoms in total. The highest BCUT2D eigenvalue weighted by atomic mass is 35.5. The number of benzene rings is 1. The van der Waals surface area contributed by atoms with Gasteiger partial charge in [0.25, 0.3) is 0 Å². The summed E-state index contributed by atoms with van der Waals surface area (Å²) in [7, 11) is 0. The summed E-state index contributed by atoms with van der Waals surface area (Å²) < 4.78 is 5.65. The van der Waals surface area contributed by atoms with Crippen LogP contribution in [0.25, 0.3) is 0 Å². The van der Waals surface area contributed by atoms with Gasteiger partial charge in [0.05, 0.1) is 5.02 Å². The lowest BCUT2D eigenvalue weighted by Crippen LogP contribution is -2.05. The predicted molar refractivity (Wildman–Crippen MR) is 72.7 cm³/mol. The van der Waals surface area contributed by atoms with Crippen molar-refractivity contribution in [2.24, 2.45) is 5.73 Å². The standard InChI is InChI=1S/C13H14ClNOS/c1-9(15)10-4-5-13(12(14)7-10)16-8-11-3-2-6-17-11/h2-7,9H,8,15H2,1H3/t9-/m1/s1. The summed E-state index contributed by atoms with van der Waals surface area (Å²) in [5, 5.41) is 2.64. The Kier molecular flexibility index (Phi) is 4.05. The van der Waals surface area contributed by atoms with Gasteiger partial charge >= 0.3 is 0 Å². The minimum absolute atomic E-state index is 0.0150. The second-order valence-corrected chi connectivity index (χ2v) is 5.29. The van der Waals surface area contributed by atoms with Crippen molar-refractivity contribution in [3.05, 3.63) is 51.2 Å². The van der Waals surface area contributed by atoms with Crippen molar-refractivity contribution in [2.75, 3.05) is 0 Å². The molecule has 17 heavy (non-hydrogen) atoms. The molecule has 0 fully saturated rings. The molecule has 1 aromatic carbocycles. The van der Waals surface area contributed by atoms with E-state index in [4.69, 9.17) is 22.1 Å². The average molecular weight is 268 g/mol. The summed E-state index contributed by atoms with van der Waals surface area (Å²) in [6.07, 6.45) is 0. The van der Waals surface area contributed by atoms with Crippen LogP contribution in [-0.4, -0.2) is 0 Å². The van der Waals surface area contributed by atoms with E-state index in [1.165, 1.54) is 4.88 Å². The molecule has 1 atom stereocenters. The highest BCUT2D eigenvalue weighted by molar-refractivity contribution is 7.09. The maximum atomic E-state index is 6.14. The predicted octanol–water partition coefficient (Wildman–Crippen LogP) is 4.00. The number of hydrogen-bond acceptors (Lipinski definition) is 3. The lowest BCUT2D eigenvalue weighted by atomic mass is 10.1. The molecule has 0 saturated heterocycles. The third-order valence-electron chi connectivity index (χ3n) is 2.43. The van der Waals surface area contributed by atoms with Crippen LogP contribution in [0.5, 0.6) is 5.75 Å². The summed E-state index contributed by atoms with van der Waals surface area (Å²) in [4.78, 5) is 1.18. The van der Waals surface area contributed by atoms with Crippen LogP contribution < -0.4 is 10.5 Å². The molecule has 2 N–H and O–H groups in total. The molecule has 1 aromatic heterocycles. The van der Waals surface area contributed by atoms with E-state index < -0.39 is 0 Å². The van der Waals surface area contributed by atoms with E-state index in [1.807, 2.05) is 42.6 Å². The molecule has 0 bridgehead atoms. The fourth-order valence-electron chi connectivity index (χ4n) is 1.46. The molecular formula is C13H14ClNOS. The third-order valence-corrected chi connectivity index (χ3v) is 3.58.